The highest BCUT2D eigenvalue weighted by atomic mass is 35.5. The fraction of sp³-hybridized carbons (Fsp3) is 0.200. The number of halogens is 1. The lowest BCUT2D eigenvalue weighted by Gasteiger charge is -2.18. The van der Waals surface area contributed by atoms with Crippen molar-refractivity contribution in [2.24, 2.45) is 0 Å². The predicted molar refractivity (Wildman–Crippen MR) is 80.6 cm³/mol. The van der Waals surface area contributed by atoms with Crippen molar-refractivity contribution in [2.45, 2.75) is 13.5 Å². The summed E-state index contributed by atoms with van der Waals surface area (Å²) in [7, 11) is 1.73. The van der Waals surface area contributed by atoms with Crippen LogP contribution < -0.4 is 5.73 Å². The number of nitrogen functional groups attached to an aromatic ring is 1. The Balaban J connectivity index is 2.17. The normalized spacial score (nSPS) is 10.3. The first kappa shape index (κ1) is 14.3. The van der Waals surface area contributed by atoms with Crippen LogP contribution in [0.1, 0.15) is 21.5 Å². The summed E-state index contributed by atoms with van der Waals surface area (Å²) in [4.78, 5) is 17.9. The number of carbonyl (C=O) groups is 1. The van der Waals surface area contributed by atoms with Gasteiger partial charge in [-0.15, -0.1) is 0 Å². The maximum absolute atomic E-state index is 12.3. The van der Waals surface area contributed by atoms with E-state index in [0.717, 1.165) is 11.1 Å². The zero-order valence-electron chi connectivity index (χ0n) is 11.4. The van der Waals surface area contributed by atoms with Crippen LogP contribution in [0.15, 0.2) is 36.7 Å². The number of aromatic nitrogens is 1. The fourth-order valence-corrected chi connectivity index (χ4v) is 2.11. The molecule has 104 valence electrons. The van der Waals surface area contributed by atoms with E-state index in [4.69, 9.17) is 17.3 Å². The number of anilines is 1. The maximum Gasteiger partial charge on any atom is 0.255 e. The Kier molecular flexibility index (Phi) is 4.25. The van der Waals surface area contributed by atoms with Gasteiger partial charge in [0, 0.05) is 36.7 Å². The fourth-order valence-electron chi connectivity index (χ4n) is 1.94. The number of nitrogens with zero attached hydrogens (tertiary/aromatic N) is 2. The molecule has 0 saturated carbocycles. The molecule has 2 N–H and O–H groups in total. The van der Waals surface area contributed by atoms with Crippen molar-refractivity contribution < 1.29 is 4.79 Å². The monoisotopic (exact) mass is 289 g/mol. The molecule has 0 spiro atoms. The molecule has 0 bridgehead atoms. The van der Waals surface area contributed by atoms with Crippen molar-refractivity contribution in [3.8, 4) is 0 Å². The van der Waals surface area contributed by atoms with Gasteiger partial charge in [0.25, 0.3) is 5.91 Å². The number of pyridine rings is 1. The van der Waals surface area contributed by atoms with Gasteiger partial charge < -0.3 is 10.6 Å². The first-order valence-electron chi connectivity index (χ1n) is 6.18. The van der Waals surface area contributed by atoms with Crippen molar-refractivity contribution >= 4 is 23.2 Å². The average Bonchev–Trinajstić information content (AvgIpc) is 2.42. The lowest BCUT2D eigenvalue weighted by atomic mass is 10.1. The molecule has 1 aromatic carbocycles. The Bertz CT molecular complexity index is 643. The molecule has 0 aliphatic carbocycles. The summed E-state index contributed by atoms with van der Waals surface area (Å²) in [5.74, 6) is -0.0975. The van der Waals surface area contributed by atoms with Crippen LogP contribution in [-0.2, 0) is 6.54 Å². The zero-order chi connectivity index (χ0) is 14.7. The van der Waals surface area contributed by atoms with Gasteiger partial charge in [-0.2, -0.15) is 0 Å². The number of aryl methyl sites for hydroxylation is 1. The predicted octanol–water partition coefficient (Wildman–Crippen LogP) is 2.90. The van der Waals surface area contributed by atoms with Crippen LogP contribution in [0.3, 0.4) is 0 Å². The Morgan fingerprint density at radius 2 is 2.10 bits per heavy atom. The molecule has 0 fully saturated rings. The third kappa shape index (κ3) is 3.27. The molecule has 1 amide bonds. The van der Waals surface area contributed by atoms with Gasteiger partial charge in [0.2, 0.25) is 0 Å². The maximum atomic E-state index is 12.3. The Hall–Kier alpha value is -2.07. The number of amides is 1. The van der Waals surface area contributed by atoms with Crippen LogP contribution in [0.2, 0.25) is 5.02 Å². The summed E-state index contributed by atoms with van der Waals surface area (Å²) >= 11 is 6.11. The highest BCUT2D eigenvalue weighted by molar-refractivity contribution is 6.31. The Labute approximate surface area is 123 Å². The van der Waals surface area contributed by atoms with E-state index >= 15 is 0 Å². The smallest absolute Gasteiger partial charge is 0.255 e. The number of hydrogen-bond donors (Lipinski definition) is 1. The SMILES string of the molecule is Cc1cncc(C(=O)N(C)Cc2cc(N)ccc2Cl)c1. The topological polar surface area (TPSA) is 59.2 Å². The van der Waals surface area contributed by atoms with Gasteiger partial charge in [0.15, 0.2) is 0 Å². The summed E-state index contributed by atoms with van der Waals surface area (Å²) < 4.78 is 0. The van der Waals surface area contributed by atoms with Crippen molar-refractivity contribution in [3.63, 3.8) is 0 Å². The minimum Gasteiger partial charge on any atom is -0.399 e. The van der Waals surface area contributed by atoms with Crippen LogP contribution in [0.5, 0.6) is 0 Å². The van der Waals surface area contributed by atoms with E-state index in [1.807, 2.05) is 13.0 Å². The second-order valence-corrected chi connectivity index (χ2v) is 5.17. The number of carbonyl (C=O) groups excluding carboxylic acids is 1. The van der Waals surface area contributed by atoms with Crippen LogP contribution >= 0.6 is 11.6 Å². The number of benzene rings is 1. The summed E-state index contributed by atoms with van der Waals surface area (Å²) in [5.41, 5.74) is 8.70. The number of hydrogen-bond acceptors (Lipinski definition) is 3. The molecule has 0 radical (unpaired) electrons. The molecule has 20 heavy (non-hydrogen) atoms. The van der Waals surface area contributed by atoms with E-state index < -0.39 is 0 Å². The van der Waals surface area contributed by atoms with E-state index in [9.17, 15) is 4.79 Å². The molecule has 0 unspecified atom stereocenters. The van der Waals surface area contributed by atoms with Gasteiger partial charge >= 0.3 is 0 Å². The second-order valence-electron chi connectivity index (χ2n) is 4.76. The molecular formula is C15H16ClN3O. The second kappa shape index (κ2) is 5.92. The number of nitrogens with two attached hydrogens (primary N) is 1. The molecule has 0 saturated heterocycles. The van der Waals surface area contributed by atoms with E-state index in [1.165, 1.54) is 0 Å². The third-order valence-corrected chi connectivity index (χ3v) is 3.31. The largest absolute Gasteiger partial charge is 0.399 e. The van der Waals surface area contributed by atoms with Gasteiger partial charge in [-0.1, -0.05) is 11.6 Å². The van der Waals surface area contributed by atoms with E-state index in [0.29, 0.717) is 22.8 Å². The summed E-state index contributed by atoms with van der Waals surface area (Å²) in [6.07, 6.45) is 3.28. The quantitative estimate of drug-likeness (QED) is 0.884. The van der Waals surface area contributed by atoms with Gasteiger partial charge in [-0.25, -0.2) is 0 Å². The van der Waals surface area contributed by atoms with E-state index in [2.05, 4.69) is 4.98 Å². The van der Waals surface area contributed by atoms with Crippen molar-refractivity contribution in [2.75, 3.05) is 12.8 Å². The molecule has 0 aliphatic heterocycles. The first-order chi connectivity index (χ1) is 9.47. The van der Waals surface area contributed by atoms with Gasteiger partial charge in [-0.05, 0) is 42.3 Å². The van der Waals surface area contributed by atoms with Crippen LogP contribution in [0.25, 0.3) is 0 Å². The van der Waals surface area contributed by atoms with Crippen molar-refractivity contribution in [3.05, 3.63) is 58.4 Å². The summed E-state index contributed by atoms with van der Waals surface area (Å²) in [5, 5.41) is 0.598. The minimum absolute atomic E-state index is 0.0975. The van der Waals surface area contributed by atoms with Crippen LogP contribution in [-0.4, -0.2) is 22.8 Å². The van der Waals surface area contributed by atoms with E-state index in [-0.39, 0.29) is 5.91 Å². The lowest BCUT2D eigenvalue weighted by molar-refractivity contribution is 0.0784. The molecule has 2 aromatic rings. The van der Waals surface area contributed by atoms with E-state index in [1.54, 1.807) is 42.5 Å². The van der Waals surface area contributed by atoms with Crippen LogP contribution in [0.4, 0.5) is 5.69 Å². The molecule has 1 heterocycles. The van der Waals surface area contributed by atoms with Gasteiger partial charge in [0.05, 0.1) is 5.56 Å². The zero-order valence-corrected chi connectivity index (χ0v) is 12.2. The van der Waals surface area contributed by atoms with Crippen molar-refractivity contribution in [1.82, 2.24) is 9.88 Å². The standard InChI is InChI=1S/C15H16ClN3O/c1-10-5-11(8-18-7-10)15(20)19(2)9-12-6-13(17)3-4-14(12)16/h3-8H,9,17H2,1-2H3. The van der Waals surface area contributed by atoms with Gasteiger partial charge in [-0.3, -0.25) is 9.78 Å². The molecule has 0 aliphatic rings. The average molecular weight is 290 g/mol. The first-order valence-corrected chi connectivity index (χ1v) is 6.56. The third-order valence-electron chi connectivity index (χ3n) is 2.95. The highest BCUT2D eigenvalue weighted by Crippen LogP contribution is 2.20. The van der Waals surface area contributed by atoms with Crippen LogP contribution in [0, 0.1) is 6.92 Å². The van der Waals surface area contributed by atoms with Gasteiger partial charge in [0.1, 0.15) is 0 Å². The highest BCUT2D eigenvalue weighted by Gasteiger charge is 2.14. The molecule has 2 rings (SSSR count). The molecule has 4 nitrogen and oxygen atoms in total. The molecule has 0 atom stereocenters. The lowest BCUT2D eigenvalue weighted by Crippen LogP contribution is -2.26. The van der Waals surface area contributed by atoms with Crippen molar-refractivity contribution in [1.29, 1.82) is 0 Å². The Morgan fingerprint density at radius 3 is 2.80 bits per heavy atom. The molecular weight excluding hydrogens is 274 g/mol. The Morgan fingerprint density at radius 1 is 1.35 bits per heavy atom. The molecule has 5 heteroatoms. The minimum atomic E-state index is -0.0975. The molecule has 1 aromatic heterocycles. The summed E-state index contributed by atoms with van der Waals surface area (Å²) in [6, 6.07) is 7.06. The summed E-state index contributed by atoms with van der Waals surface area (Å²) in [6.45, 7) is 2.30. The number of rotatable bonds is 3.